The van der Waals surface area contributed by atoms with E-state index in [0.717, 1.165) is 35.0 Å². The maximum absolute atomic E-state index is 11.4. The molecule has 1 unspecified atom stereocenters. The summed E-state index contributed by atoms with van der Waals surface area (Å²) in [6.07, 6.45) is 1.68. The Labute approximate surface area is 151 Å². The fourth-order valence-corrected chi connectivity index (χ4v) is 3.28. The molecule has 2 aromatic rings. The minimum Gasteiger partial charge on any atom is -0.464 e. The summed E-state index contributed by atoms with van der Waals surface area (Å²) < 4.78 is 8.08. The molecule has 1 aliphatic rings. The molecule has 0 aliphatic carbocycles. The van der Waals surface area contributed by atoms with E-state index in [-0.39, 0.29) is 12.0 Å². The monoisotopic (exact) mass is 362 g/mol. The summed E-state index contributed by atoms with van der Waals surface area (Å²) in [7, 11) is 0. The summed E-state index contributed by atoms with van der Waals surface area (Å²) in [6.45, 7) is 1.37. The van der Waals surface area contributed by atoms with Crippen LogP contribution >= 0.6 is 23.5 Å². The van der Waals surface area contributed by atoms with Crippen molar-refractivity contribution in [3.05, 3.63) is 59.1 Å². The first-order chi connectivity index (χ1) is 11.7. The lowest BCUT2D eigenvalue weighted by Crippen LogP contribution is -2.27. The number of benzene rings is 2. The van der Waals surface area contributed by atoms with Crippen LogP contribution in [0.25, 0.3) is 0 Å². The molecule has 2 N–H and O–H groups in total. The first-order valence-electron chi connectivity index (χ1n) is 7.88. The van der Waals surface area contributed by atoms with E-state index in [2.05, 4.69) is 10.0 Å². The van der Waals surface area contributed by atoms with Crippen molar-refractivity contribution < 1.29 is 9.53 Å². The molecule has 1 atom stereocenters. The fourth-order valence-electron chi connectivity index (χ4n) is 2.39. The van der Waals surface area contributed by atoms with Crippen LogP contribution in [-0.2, 0) is 16.0 Å². The zero-order valence-electron chi connectivity index (χ0n) is 13.1. The zero-order valence-corrected chi connectivity index (χ0v) is 14.7. The highest BCUT2D eigenvalue weighted by Crippen LogP contribution is 2.20. The number of anilines is 1. The molecule has 6 heteroatoms. The van der Waals surface area contributed by atoms with Gasteiger partial charge in [0.25, 0.3) is 0 Å². The quantitative estimate of drug-likeness (QED) is 0.577. The van der Waals surface area contributed by atoms with Crippen molar-refractivity contribution in [1.29, 1.82) is 0 Å². The number of hydrogen-bond donors (Lipinski definition) is 2. The lowest BCUT2D eigenvalue weighted by molar-refractivity contribution is -0.139. The summed E-state index contributed by atoms with van der Waals surface area (Å²) in [5.41, 5.74) is 2.33. The normalized spacial score (nSPS) is 16.9. The topological polar surface area (TPSA) is 50.4 Å². The van der Waals surface area contributed by atoms with Crippen molar-refractivity contribution in [1.82, 2.24) is 4.72 Å². The van der Waals surface area contributed by atoms with E-state index < -0.39 is 0 Å². The average molecular weight is 363 g/mol. The van der Waals surface area contributed by atoms with Gasteiger partial charge in [0.05, 0.1) is 6.61 Å². The second kappa shape index (κ2) is 8.42. The van der Waals surface area contributed by atoms with Gasteiger partial charge in [0, 0.05) is 28.6 Å². The SMILES string of the molecule is O=C1OCCC1NSc1ccc(NCCc2ccc(Cl)cc2)cc1. The van der Waals surface area contributed by atoms with Crippen LogP contribution in [0, 0.1) is 0 Å². The van der Waals surface area contributed by atoms with Gasteiger partial charge in [-0.1, -0.05) is 23.7 Å². The number of ether oxygens (including phenoxy) is 1. The minimum atomic E-state index is -0.202. The van der Waals surface area contributed by atoms with Gasteiger partial charge in [-0.05, 0) is 60.3 Å². The molecular formula is C18H19ClN2O2S. The molecule has 0 radical (unpaired) electrons. The standard InChI is InChI=1S/C18H19ClN2O2S/c19-14-3-1-13(2-4-14)9-11-20-15-5-7-16(8-6-15)24-21-17-10-12-23-18(17)22/h1-8,17,20-21H,9-12H2. The largest absolute Gasteiger partial charge is 0.464 e. The van der Waals surface area contributed by atoms with Crippen molar-refractivity contribution in [2.75, 3.05) is 18.5 Å². The molecule has 2 aromatic carbocycles. The molecule has 1 heterocycles. The van der Waals surface area contributed by atoms with Gasteiger partial charge in [-0.15, -0.1) is 0 Å². The molecule has 0 saturated carbocycles. The third-order valence-electron chi connectivity index (χ3n) is 3.76. The molecule has 3 rings (SSSR count). The molecule has 0 spiro atoms. The predicted octanol–water partition coefficient (Wildman–Crippen LogP) is 3.91. The summed E-state index contributed by atoms with van der Waals surface area (Å²) in [5.74, 6) is -0.164. The first kappa shape index (κ1) is 17.1. The van der Waals surface area contributed by atoms with Gasteiger partial charge in [-0.2, -0.15) is 0 Å². The minimum absolute atomic E-state index is 0.164. The second-order valence-corrected chi connectivity index (χ2v) is 6.90. The van der Waals surface area contributed by atoms with Gasteiger partial charge in [0.1, 0.15) is 6.04 Å². The van der Waals surface area contributed by atoms with E-state index in [1.54, 1.807) is 0 Å². The number of carbonyl (C=O) groups is 1. The number of hydrogen-bond acceptors (Lipinski definition) is 5. The van der Waals surface area contributed by atoms with Crippen LogP contribution in [0.4, 0.5) is 5.69 Å². The van der Waals surface area contributed by atoms with Crippen molar-refractivity contribution in [3.63, 3.8) is 0 Å². The highest BCUT2D eigenvalue weighted by Gasteiger charge is 2.25. The van der Waals surface area contributed by atoms with Crippen LogP contribution in [-0.4, -0.2) is 25.2 Å². The fraction of sp³-hybridized carbons (Fsp3) is 0.278. The van der Waals surface area contributed by atoms with E-state index in [4.69, 9.17) is 16.3 Å². The van der Waals surface area contributed by atoms with Crippen LogP contribution in [0.1, 0.15) is 12.0 Å². The van der Waals surface area contributed by atoms with Crippen LogP contribution in [0.15, 0.2) is 53.4 Å². The molecule has 0 aromatic heterocycles. The van der Waals surface area contributed by atoms with Crippen molar-refractivity contribution in [2.45, 2.75) is 23.8 Å². The maximum atomic E-state index is 11.4. The summed E-state index contributed by atoms with van der Waals surface area (Å²) in [6, 6.07) is 15.9. The molecule has 0 amide bonds. The van der Waals surface area contributed by atoms with Gasteiger partial charge in [-0.25, -0.2) is 4.72 Å². The van der Waals surface area contributed by atoms with Crippen LogP contribution in [0.2, 0.25) is 5.02 Å². The molecule has 1 aliphatic heterocycles. The summed E-state index contributed by atoms with van der Waals surface area (Å²) in [5, 5.41) is 4.17. The Balaban J connectivity index is 1.42. The Hall–Kier alpha value is -1.69. The van der Waals surface area contributed by atoms with Gasteiger partial charge >= 0.3 is 5.97 Å². The molecule has 1 fully saturated rings. The molecule has 0 bridgehead atoms. The van der Waals surface area contributed by atoms with E-state index >= 15 is 0 Å². The van der Waals surface area contributed by atoms with E-state index in [9.17, 15) is 4.79 Å². The average Bonchev–Trinajstić information content (AvgIpc) is 3.01. The molecule has 4 nitrogen and oxygen atoms in total. The van der Waals surface area contributed by atoms with E-state index in [1.807, 2.05) is 48.5 Å². The van der Waals surface area contributed by atoms with Gasteiger partial charge < -0.3 is 10.1 Å². The van der Waals surface area contributed by atoms with Crippen molar-refractivity contribution >= 4 is 35.2 Å². The number of nitrogens with one attached hydrogen (secondary N) is 2. The lowest BCUT2D eigenvalue weighted by Gasteiger charge is -2.09. The highest BCUT2D eigenvalue weighted by molar-refractivity contribution is 7.97. The van der Waals surface area contributed by atoms with Crippen molar-refractivity contribution in [2.24, 2.45) is 0 Å². The Morgan fingerprint density at radius 1 is 1.12 bits per heavy atom. The molecule has 24 heavy (non-hydrogen) atoms. The third-order valence-corrected chi connectivity index (χ3v) is 4.93. The Bertz CT molecular complexity index is 676. The predicted molar refractivity (Wildman–Crippen MR) is 98.4 cm³/mol. The maximum Gasteiger partial charge on any atom is 0.324 e. The Kier molecular flexibility index (Phi) is 6.01. The molecule has 126 valence electrons. The number of carbonyl (C=O) groups excluding carboxylic acids is 1. The first-order valence-corrected chi connectivity index (χ1v) is 9.07. The second-order valence-electron chi connectivity index (χ2n) is 5.56. The van der Waals surface area contributed by atoms with E-state index in [0.29, 0.717) is 6.61 Å². The number of rotatable bonds is 7. The van der Waals surface area contributed by atoms with Gasteiger partial charge in [0.15, 0.2) is 0 Å². The van der Waals surface area contributed by atoms with Crippen LogP contribution < -0.4 is 10.0 Å². The highest BCUT2D eigenvalue weighted by atomic mass is 35.5. The third kappa shape index (κ3) is 4.90. The van der Waals surface area contributed by atoms with Crippen molar-refractivity contribution in [3.8, 4) is 0 Å². The lowest BCUT2D eigenvalue weighted by atomic mass is 10.1. The number of esters is 1. The Morgan fingerprint density at radius 2 is 1.88 bits per heavy atom. The van der Waals surface area contributed by atoms with Crippen LogP contribution in [0.3, 0.4) is 0 Å². The molecular weight excluding hydrogens is 344 g/mol. The number of halogens is 1. The van der Waals surface area contributed by atoms with E-state index in [1.165, 1.54) is 17.5 Å². The zero-order chi connectivity index (χ0) is 16.8. The van der Waals surface area contributed by atoms with Gasteiger partial charge in [-0.3, -0.25) is 4.79 Å². The summed E-state index contributed by atoms with van der Waals surface area (Å²) >= 11 is 7.34. The molecule has 1 saturated heterocycles. The smallest absolute Gasteiger partial charge is 0.324 e. The summed E-state index contributed by atoms with van der Waals surface area (Å²) in [4.78, 5) is 12.5. The number of cyclic esters (lactones) is 1. The van der Waals surface area contributed by atoms with Gasteiger partial charge in [0.2, 0.25) is 0 Å². The van der Waals surface area contributed by atoms with Crippen LogP contribution in [0.5, 0.6) is 0 Å². The Morgan fingerprint density at radius 3 is 2.54 bits per heavy atom.